The van der Waals surface area contributed by atoms with Crippen LogP contribution in [-0.2, 0) is 6.18 Å². The van der Waals surface area contributed by atoms with E-state index in [0.717, 1.165) is 17.0 Å². The van der Waals surface area contributed by atoms with E-state index < -0.39 is 23.8 Å². The first-order valence-electron chi connectivity index (χ1n) is 7.08. The summed E-state index contributed by atoms with van der Waals surface area (Å²) in [6, 6.07) is 11.3. The number of aliphatic hydroxyl groups excluding tert-OH is 1. The zero-order chi connectivity index (χ0) is 17.7. The first-order chi connectivity index (χ1) is 11.3. The van der Waals surface area contributed by atoms with Gasteiger partial charge in [0.25, 0.3) is 5.91 Å². The van der Waals surface area contributed by atoms with Crippen LogP contribution in [0.1, 0.15) is 27.6 Å². The van der Waals surface area contributed by atoms with Crippen molar-refractivity contribution >= 4 is 17.7 Å². The minimum absolute atomic E-state index is 0.0896. The number of rotatable bonds is 5. The number of thioether (sulfide) groups is 1. The van der Waals surface area contributed by atoms with Crippen molar-refractivity contribution in [2.24, 2.45) is 0 Å². The first-order valence-corrected chi connectivity index (χ1v) is 8.31. The maximum Gasteiger partial charge on any atom is 0.416 e. The van der Waals surface area contributed by atoms with Gasteiger partial charge in [-0.15, -0.1) is 11.8 Å². The van der Waals surface area contributed by atoms with Crippen LogP contribution in [0.4, 0.5) is 13.2 Å². The van der Waals surface area contributed by atoms with Crippen LogP contribution in [0.2, 0.25) is 0 Å². The number of amides is 1. The number of nitrogens with one attached hydrogen (secondary N) is 1. The molecule has 24 heavy (non-hydrogen) atoms. The van der Waals surface area contributed by atoms with Gasteiger partial charge in [0.2, 0.25) is 0 Å². The van der Waals surface area contributed by atoms with Crippen molar-refractivity contribution in [2.75, 3.05) is 12.8 Å². The van der Waals surface area contributed by atoms with Gasteiger partial charge in [0.05, 0.1) is 11.7 Å². The molecule has 0 spiro atoms. The highest BCUT2D eigenvalue weighted by atomic mass is 32.2. The summed E-state index contributed by atoms with van der Waals surface area (Å²) in [4.78, 5) is 13.0. The van der Waals surface area contributed by atoms with Gasteiger partial charge in [-0.1, -0.05) is 18.2 Å². The maximum absolute atomic E-state index is 12.7. The van der Waals surface area contributed by atoms with Crippen LogP contribution in [0.15, 0.2) is 53.4 Å². The second kappa shape index (κ2) is 7.72. The van der Waals surface area contributed by atoms with Crippen LogP contribution in [0, 0.1) is 0 Å². The lowest BCUT2D eigenvalue weighted by Crippen LogP contribution is -2.28. The Bertz CT molecular complexity index is 702. The molecular formula is C17H16F3NO2S. The fourth-order valence-corrected chi connectivity index (χ4v) is 2.48. The highest BCUT2D eigenvalue weighted by Gasteiger charge is 2.30. The van der Waals surface area contributed by atoms with Crippen molar-refractivity contribution in [1.82, 2.24) is 5.32 Å². The molecule has 1 atom stereocenters. The number of halogens is 3. The van der Waals surface area contributed by atoms with E-state index in [1.165, 1.54) is 12.1 Å². The molecule has 3 nitrogen and oxygen atoms in total. The Balaban J connectivity index is 1.99. The molecule has 0 aromatic heterocycles. The Morgan fingerprint density at radius 3 is 2.46 bits per heavy atom. The molecule has 0 aliphatic rings. The monoisotopic (exact) mass is 355 g/mol. The quantitative estimate of drug-likeness (QED) is 0.800. The standard InChI is InChI=1S/C17H16F3NO2S/c1-24-14-7-5-11(6-8-14)15(22)10-21-16(23)12-3-2-4-13(9-12)17(18,19)20/h2-9,15,22H,10H2,1H3,(H,21,23)/t15-/m1/s1. The average Bonchev–Trinajstić information content (AvgIpc) is 2.58. The summed E-state index contributed by atoms with van der Waals surface area (Å²) >= 11 is 1.56. The van der Waals surface area contributed by atoms with Gasteiger partial charge in [-0.25, -0.2) is 0 Å². The van der Waals surface area contributed by atoms with Crippen molar-refractivity contribution in [3.8, 4) is 0 Å². The number of alkyl halides is 3. The summed E-state index contributed by atoms with van der Waals surface area (Å²) in [6.07, 6.45) is -3.51. The third-order valence-corrected chi connectivity index (χ3v) is 4.15. The molecule has 0 fully saturated rings. The molecule has 2 N–H and O–H groups in total. The van der Waals surface area contributed by atoms with Gasteiger partial charge in [-0.05, 0) is 42.2 Å². The first kappa shape index (κ1) is 18.4. The van der Waals surface area contributed by atoms with Crippen LogP contribution in [0.3, 0.4) is 0 Å². The van der Waals surface area contributed by atoms with E-state index in [1.807, 2.05) is 18.4 Å². The summed E-state index contributed by atoms with van der Waals surface area (Å²) in [5.74, 6) is -0.666. The van der Waals surface area contributed by atoms with Gasteiger partial charge in [-0.2, -0.15) is 13.2 Å². The lowest BCUT2D eigenvalue weighted by molar-refractivity contribution is -0.137. The van der Waals surface area contributed by atoms with Gasteiger partial charge in [0, 0.05) is 17.0 Å². The lowest BCUT2D eigenvalue weighted by Gasteiger charge is -2.13. The average molecular weight is 355 g/mol. The molecule has 128 valence electrons. The summed E-state index contributed by atoms with van der Waals surface area (Å²) in [5.41, 5.74) is -0.366. The van der Waals surface area contributed by atoms with Crippen LogP contribution in [0.25, 0.3) is 0 Å². The predicted molar refractivity (Wildman–Crippen MR) is 87.0 cm³/mol. The van der Waals surface area contributed by atoms with Crippen molar-refractivity contribution in [3.63, 3.8) is 0 Å². The number of hydrogen-bond donors (Lipinski definition) is 2. The van der Waals surface area contributed by atoms with Gasteiger partial charge >= 0.3 is 6.18 Å². The topological polar surface area (TPSA) is 49.3 Å². The summed E-state index contributed by atoms with van der Waals surface area (Å²) in [6.45, 7) is -0.0896. The van der Waals surface area contributed by atoms with E-state index in [0.29, 0.717) is 5.56 Å². The predicted octanol–water partition coefficient (Wildman–Crippen LogP) is 3.89. The normalized spacial score (nSPS) is 12.7. The Kier molecular flexibility index (Phi) is 5.90. The number of hydrogen-bond acceptors (Lipinski definition) is 3. The highest BCUT2D eigenvalue weighted by Crippen LogP contribution is 2.29. The molecule has 2 rings (SSSR count). The van der Waals surface area contributed by atoms with E-state index in [4.69, 9.17) is 0 Å². The Morgan fingerprint density at radius 2 is 1.88 bits per heavy atom. The second-order valence-corrected chi connectivity index (χ2v) is 5.96. The molecule has 2 aromatic carbocycles. The van der Waals surface area contributed by atoms with Gasteiger partial charge in [0.1, 0.15) is 0 Å². The molecule has 7 heteroatoms. The lowest BCUT2D eigenvalue weighted by atomic mass is 10.1. The number of benzene rings is 2. The molecule has 1 amide bonds. The molecule has 0 unspecified atom stereocenters. The Labute approximate surface area is 141 Å². The van der Waals surface area contributed by atoms with Crippen molar-refractivity contribution in [3.05, 3.63) is 65.2 Å². The van der Waals surface area contributed by atoms with Crippen molar-refractivity contribution in [2.45, 2.75) is 17.2 Å². The van der Waals surface area contributed by atoms with E-state index in [-0.39, 0.29) is 12.1 Å². The maximum atomic E-state index is 12.7. The van der Waals surface area contributed by atoms with Crippen LogP contribution >= 0.6 is 11.8 Å². The third kappa shape index (κ3) is 4.75. The zero-order valence-electron chi connectivity index (χ0n) is 12.8. The Hall–Kier alpha value is -1.99. The molecule has 0 aliphatic carbocycles. The van der Waals surface area contributed by atoms with Gasteiger partial charge in [-0.3, -0.25) is 4.79 Å². The van der Waals surface area contributed by atoms with Crippen molar-refractivity contribution < 1.29 is 23.1 Å². The van der Waals surface area contributed by atoms with E-state index in [1.54, 1.807) is 23.9 Å². The molecule has 0 heterocycles. The minimum Gasteiger partial charge on any atom is -0.387 e. The van der Waals surface area contributed by atoms with E-state index in [2.05, 4.69) is 5.32 Å². The minimum atomic E-state index is -4.51. The highest BCUT2D eigenvalue weighted by molar-refractivity contribution is 7.98. The third-order valence-electron chi connectivity index (χ3n) is 3.41. The molecular weight excluding hydrogens is 339 g/mol. The van der Waals surface area contributed by atoms with Crippen molar-refractivity contribution in [1.29, 1.82) is 0 Å². The van der Waals surface area contributed by atoms with E-state index in [9.17, 15) is 23.1 Å². The second-order valence-electron chi connectivity index (χ2n) is 5.08. The number of carbonyl (C=O) groups excluding carboxylic acids is 1. The van der Waals surface area contributed by atoms with Crippen LogP contribution in [-0.4, -0.2) is 23.8 Å². The summed E-state index contributed by atoms with van der Waals surface area (Å²) in [7, 11) is 0. The fourth-order valence-electron chi connectivity index (χ4n) is 2.07. The molecule has 0 radical (unpaired) electrons. The van der Waals surface area contributed by atoms with Gasteiger partial charge in [0.15, 0.2) is 0 Å². The fraction of sp³-hybridized carbons (Fsp3) is 0.235. The van der Waals surface area contributed by atoms with Gasteiger partial charge < -0.3 is 10.4 Å². The summed E-state index contributed by atoms with van der Waals surface area (Å²) in [5, 5.41) is 12.5. The molecule has 0 saturated heterocycles. The van der Waals surface area contributed by atoms with E-state index >= 15 is 0 Å². The van der Waals surface area contributed by atoms with Crippen LogP contribution < -0.4 is 5.32 Å². The largest absolute Gasteiger partial charge is 0.416 e. The number of aliphatic hydroxyl groups is 1. The molecule has 0 aliphatic heterocycles. The molecule has 0 saturated carbocycles. The number of carbonyl (C=O) groups is 1. The zero-order valence-corrected chi connectivity index (χ0v) is 13.6. The van der Waals surface area contributed by atoms with Crippen LogP contribution in [0.5, 0.6) is 0 Å². The Morgan fingerprint density at radius 1 is 1.21 bits per heavy atom. The summed E-state index contributed by atoms with van der Waals surface area (Å²) < 4.78 is 38.0. The molecule has 2 aromatic rings. The smallest absolute Gasteiger partial charge is 0.387 e. The molecule has 0 bridgehead atoms. The SMILES string of the molecule is CSc1ccc([C@H](O)CNC(=O)c2cccc(C(F)(F)F)c2)cc1.